The number of hydrogen-bond acceptors (Lipinski definition) is 9. The highest BCUT2D eigenvalue weighted by atomic mass is 16.7. The third-order valence-electron chi connectivity index (χ3n) is 7.40. The van der Waals surface area contributed by atoms with Crippen molar-refractivity contribution in [2.24, 2.45) is 10.9 Å². The quantitative estimate of drug-likeness (QED) is 0.135. The average molecular weight is 621 g/mol. The summed E-state index contributed by atoms with van der Waals surface area (Å²) in [7, 11) is 0. The van der Waals surface area contributed by atoms with Crippen LogP contribution in [0.5, 0.6) is 5.75 Å². The van der Waals surface area contributed by atoms with Crippen molar-refractivity contribution in [3.05, 3.63) is 59.2 Å². The van der Waals surface area contributed by atoms with Gasteiger partial charge in [-0.25, -0.2) is 9.59 Å². The molecule has 0 bridgehead atoms. The van der Waals surface area contributed by atoms with Crippen LogP contribution in [0.3, 0.4) is 0 Å². The van der Waals surface area contributed by atoms with Gasteiger partial charge in [-0.2, -0.15) is 0 Å². The Hall–Kier alpha value is -4.41. The molecule has 1 atom stereocenters. The number of nitrogens with zero attached hydrogens (tertiary/aromatic N) is 1. The van der Waals surface area contributed by atoms with Crippen LogP contribution in [0, 0.1) is 5.41 Å². The van der Waals surface area contributed by atoms with Gasteiger partial charge in [-0.3, -0.25) is 10.2 Å². The van der Waals surface area contributed by atoms with Gasteiger partial charge in [0.05, 0.1) is 17.7 Å². The van der Waals surface area contributed by atoms with E-state index in [-0.39, 0.29) is 24.7 Å². The second kappa shape index (κ2) is 13.3. The minimum absolute atomic E-state index is 0.0249. The van der Waals surface area contributed by atoms with Crippen LogP contribution >= 0.6 is 0 Å². The summed E-state index contributed by atoms with van der Waals surface area (Å²) in [5, 5.41) is 14.4. The third kappa shape index (κ3) is 9.06. The molecule has 0 saturated heterocycles. The molecule has 0 amide bonds. The molecule has 2 aromatic rings. The van der Waals surface area contributed by atoms with Crippen LogP contribution < -0.4 is 15.8 Å². The summed E-state index contributed by atoms with van der Waals surface area (Å²) in [4.78, 5) is 45.5. The second-order valence-corrected chi connectivity index (χ2v) is 13.7. The summed E-state index contributed by atoms with van der Waals surface area (Å²) in [5.41, 5.74) is 5.14. The first-order valence-corrected chi connectivity index (χ1v) is 15.3. The molecular formula is C34H44N4O7. The lowest BCUT2D eigenvalue weighted by Crippen LogP contribution is -2.46. The number of guanidine groups is 1. The average Bonchev–Trinajstić information content (AvgIpc) is 3.36. The van der Waals surface area contributed by atoms with E-state index in [1.54, 1.807) is 77.9 Å². The van der Waals surface area contributed by atoms with E-state index in [0.717, 1.165) is 31.2 Å². The summed E-state index contributed by atoms with van der Waals surface area (Å²) >= 11 is 0. The Morgan fingerprint density at radius 1 is 0.978 bits per heavy atom. The van der Waals surface area contributed by atoms with Crippen molar-refractivity contribution in [2.75, 3.05) is 5.32 Å². The molecule has 242 valence electrons. The number of anilines is 1. The van der Waals surface area contributed by atoms with E-state index in [1.165, 1.54) is 6.42 Å². The van der Waals surface area contributed by atoms with Crippen molar-refractivity contribution in [1.82, 2.24) is 0 Å². The predicted octanol–water partition coefficient (Wildman–Crippen LogP) is 6.20. The molecule has 1 fully saturated rings. The molecule has 1 heterocycles. The lowest BCUT2D eigenvalue weighted by molar-refractivity contribution is -0.188. The van der Waals surface area contributed by atoms with Crippen LogP contribution in [0.2, 0.25) is 0 Å². The molecular weight excluding hydrogens is 576 g/mol. The first kappa shape index (κ1) is 33.5. The van der Waals surface area contributed by atoms with Gasteiger partial charge < -0.3 is 30.1 Å². The van der Waals surface area contributed by atoms with E-state index in [4.69, 9.17) is 30.2 Å². The maximum atomic E-state index is 13.6. The lowest BCUT2D eigenvalue weighted by atomic mass is 9.80. The molecule has 11 heteroatoms. The molecule has 0 aromatic heterocycles. The number of nitrogens with two attached hydrogens (primary N) is 1. The van der Waals surface area contributed by atoms with Crippen LogP contribution in [-0.4, -0.2) is 46.4 Å². The fourth-order valence-corrected chi connectivity index (χ4v) is 5.51. The highest BCUT2D eigenvalue weighted by Crippen LogP contribution is 2.40. The molecule has 4 rings (SSSR count). The Balaban J connectivity index is 1.65. The van der Waals surface area contributed by atoms with Crippen molar-refractivity contribution in [1.29, 1.82) is 5.41 Å². The summed E-state index contributed by atoms with van der Waals surface area (Å²) in [6.07, 6.45) is 4.95. The topological polar surface area (TPSA) is 162 Å². The van der Waals surface area contributed by atoms with E-state index in [0.29, 0.717) is 28.3 Å². The summed E-state index contributed by atoms with van der Waals surface area (Å²) in [6.45, 7) is 10.5. The number of carbonyl (C=O) groups is 3. The number of hydrogen-bond donors (Lipinski definition) is 3. The van der Waals surface area contributed by atoms with Crippen molar-refractivity contribution in [2.45, 2.75) is 109 Å². The van der Waals surface area contributed by atoms with Gasteiger partial charge in [0, 0.05) is 17.7 Å². The zero-order chi connectivity index (χ0) is 33.0. The van der Waals surface area contributed by atoms with Crippen LogP contribution in [-0.2, 0) is 23.9 Å². The molecule has 1 unspecified atom stereocenters. The third-order valence-corrected chi connectivity index (χ3v) is 7.40. The largest absolute Gasteiger partial charge is 0.460 e. The number of nitrogens with one attached hydrogen (secondary N) is 2. The van der Waals surface area contributed by atoms with Crippen molar-refractivity contribution < 1.29 is 33.4 Å². The Kier molecular flexibility index (Phi) is 9.89. The van der Waals surface area contributed by atoms with Gasteiger partial charge in [0.2, 0.25) is 5.60 Å². The van der Waals surface area contributed by atoms with Gasteiger partial charge in [-0.15, -0.1) is 0 Å². The fraction of sp³-hybridized carbons (Fsp3) is 0.500. The molecule has 1 aliphatic heterocycles. The highest BCUT2D eigenvalue weighted by Gasteiger charge is 2.52. The van der Waals surface area contributed by atoms with E-state index in [9.17, 15) is 14.4 Å². The Morgan fingerprint density at radius 2 is 1.62 bits per heavy atom. The SMILES string of the molecule is CC(C)(C)OC(=O)CC1(C(=O)OC(C)(C)C)CC(c2cc(OC(=O)c3ccc(NC(=N)N)cc3)ccc2C2CCCCC2)=NO1. The maximum absolute atomic E-state index is 13.6. The van der Waals surface area contributed by atoms with E-state index in [2.05, 4.69) is 10.5 Å². The van der Waals surface area contributed by atoms with Gasteiger partial charge in [-0.05, 0) is 102 Å². The first-order chi connectivity index (χ1) is 21.0. The maximum Gasteiger partial charge on any atom is 0.354 e. The van der Waals surface area contributed by atoms with Crippen molar-refractivity contribution in [3.8, 4) is 5.75 Å². The number of rotatable bonds is 8. The zero-order valence-electron chi connectivity index (χ0n) is 27.0. The van der Waals surface area contributed by atoms with Gasteiger partial charge in [0.25, 0.3) is 0 Å². The normalized spacial score (nSPS) is 18.8. The van der Waals surface area contributed by atoms with E-state index in [1.807, 2.05) is 6.07 Å². The molecule has 45 heavy (non-hydrogen) atoms. The number of benzene rings is 2. The molecule has 1 saturated carbocycles. The van der Waals surface area contributed by atoms with Crippen LogP contribution in [0.15, 0.2) is 47.6 Å². The number of carbonyl (C=O) groups excluding carboxylic acids is 3. The monoisotopic (exact) mass is 620 g/mol. The zero-order valence-corrected chi connectivity index (χ0v) is 27.0. The van der Waals surface area contributed by atoms with E-state index >= 15 is 0 Å². The van der Waals surface area contributed by atoms with E-state index < -0.39 is 34.7 Å². The summed E-state index contributed by atoms with van der Waals surface area (Å²) in [6, 6.07) is 11.8. The molecule has 0 spiro atoms. The fourth-order valence-electron chi connectivity index (χ4n) is 5.51. The standard InChI is InChI=1S/C34H44N4O7/c1-32(2,3)43-28(39)20-34(30(41)44-33(4,5)6)19-27(38-45-34)26-18-24(16-17-25(26)21-10-8-7-9-11-21)42-29(40)22-12-14-23(15-13-22)37-31(35)36/h12-18,21H,7-11,19-20H2,1-6H3,(H4,35,36,37). The minimum atomic E-state index is -1.71. The number of ether oxygens (including phenoxy) is 3. The molecule has 11 nitrogen and oxygen atoms in total. The molecule has 2 aromatic carbocycles. The number of oxime groups is 1. The molecule has 2 aliphatic rings. The van der Waals surface area contributed by atoms with Crippen LogP contribution in [0.1, 0.15) is 114 Å². The Morgan fingerprint density at radius 3 is 2.22 bits per heavy atom. The van der Waals surface area contributed by atoms with Gasteiger partial charge in [-0.1, -0.05) is 30.5 Å². The van der Waals surface area contributed by atoms with Crippen LogP contribution in [0.25, 0.3) is 0 Å². The second-order valence-electron chi connectivity index (χ2n) is 13.7. The van der Waals surface area contributed by atoms with Gasteiger partial charge in [0.1, 0.15) is 17.0 Å². The smallest absolute Gasteiger partial charge is 0.354 e. The molecule has 1 aliphatic carbocycles. The summed E-state index contributed by atoms with van der Waals surface area (Å²) < 4.78 is 17.0. The van der Waals surface area contributed by atoms with Crippen molar-refractivity contribution >= 4 is 35.3 Å². The van der Waals surface area contributed by atoms with Crippen molar-refractivity contribution in [3.63, 3.8) is 0 Å². The lowest BCUT2D eigenvalue weighted by Gasteiger charge is -2.30. The molecule has 0 radical (unpaired) electrons. The highest BCUT2D eigenvalue weighted by molar-refractivity contribution is 6.07. The van der Waals surface area contributed by atoms with Crippen LogP contribution in [0.4, 0.5) is 5.69 Å². The Bertz CT molecular complexity index is 1460. The van der Waals surface area contributed by atoms with Gasteiger partial charge >= 0.3 is 17.9 Å². The summed E-state index contributed by atoms with van der Waals surface area (Å²) in [5.74, 6) is -1.54. The number of esters is 3. The predicted molar refractivity (Wildman–Crippen MR) is 170 cm³/mol. The minimum Gasteiger partial charge on any atom is -0.460 e. The Labute approximate surface area is 264 Å². The van der Waals surface area contributed by atoms with Gasteiger partial charge in [0.15, 0.2) is 5.96 Å². The molecule has 4 N–H and O–H groups in total. The first-order valence-electron chi connectivity index (χ1n) is 15.3.